The van der Waals surface area contributed by atoms with Crippen molar-refractivity contribution in [2.45, 2.75) is 12.8 Å². The van der Waals surface area contributed by atoms with Crippen LogP contribution in [0.4, 0.5) is 5.13 Å². The first-order chi connectivity index (χ1) is 13.6. The van der Waals surface area contributed by atoms with Crippen LogP contribution in [0.3, 0.4) is 0 Å². The zero-order valence-electron chi connectivity index (χ0n) is 16.0. The summed E-state index contributed by atoms with van der Waals surface area (Å²) in [6.45, 7) is 0. The molecule has 0 fully saturated rings. The molecule has 0 unspecified atom stereocenters. The van der Waals surface area contributed by atoms with Gasteiger partial charge in [-0.2, -0.15) is 0 Å². The quantitative estimate of drug-likeness (QED) is 0.622. The lowest BCUT2D eigenvalue weighted by molar-refractivity contribution is -0.115. The van der Waals surface area contributed by atoms with Gasteiger partial charge in [-0.25, -0.2) is 4.98 Å². The topological polar surface area (TPSA) is 69.7 Å². The molecule has 0 aliphatic heterocycles. The molecule has 2 aromatic carbocycles. The predicted molar refractivity (Wildman–Crippen MR) is 110 cm³/mol. The summed E-state index contributed by atoms with van der Waals surface area (Å²) in [6.07, 6.45) is 2.76. The second-order valence-corrected chi connectivity index (χ2v) is 7.17. The van der Waals surface area contributed by atoms with Crippen LogP contribution < -0.4 is 19.5 Å². The number of methoxy groups -OCH3 is 3. The lowest BCUT2D eigenvalue weighted by Crippen LogP contribution is -2.14. The van der Waals surface area contributed by atoms with Gasteiger partial charge in [0.25, 0.3) is 0 Å². The van der Waals surface area contributed by atoms with Crippen LogP contribution in [0.1, 0.15) is 16.0 Å². The Bertz CT molecular complexity index is 916. The van der Waals surface area contributed by atoms with Gasteiger partial charge in [-0.1, -0.05) is 30.3 Å². The van der Waals surface area contributed by atoms with Gasteiger partial charge in [-0.3, -0.25) is 4.79 Å². The maximum Gasteiger partial charge on any atom is 0.230 e. The zero-order chi connectivity index (χ0) is 19.9. The number of nitrogens with one attached hydrogen (secondary N) is 1. The fraction of sp³-hybridized carbons (Fsp3) is 0.238. The summed E-state index contributed by atoms with van der Waals surface area (Å²) in [5, 5.41) is 3.44. The van der Waals surface area contributed by atoms with Crippen LogP contribution >= 0.6 is 11.3 Å². The number of rotatable bonds is 8. The Morgan fingerprint density at radius 2 is 1.68 bits per heavy atom. The summed E-state index contributed by atoms with van der Waals surface area (Å²) in [4.78, 5) is 17.8. The maximum absolute atomic E-state index is 12.4. The number of carbonyl (C=O) groups is 1. The second kappa shape index (κ2) is 9.23. The molecule has 7 heteroatoms. The molecule has 0 bridgehead atoms. The SMILES string of the molecule is COc1cc(CC(=O)Nc2ncc(Cc3ccccc3)s2)cc(OC)c1OC. The van der Waals surface area contributed by atoms with E-state index in [4.69, 9.17) is 14.2 Å². The molecule has 1 heterocycles. The Morgan fingerprint density at radius 1 is 1.00 bits per heavy atom. The smallest absolute Gasteiger partial charge is 0.230 e. The van der Waals surface area contributed by atoms with E-state index in [1.54, 1.807) is 39.7 Å². The Hall–Kier alpha value is -3.06. The van der Waals surface area contributed by atoms with Crippen LogP contribution in [0.15, 0.2) is 48.7 Å². The molecule has 1 aromatic heterocycles. The average molecular weight is 398 g/mol. The van der Waals surface area contributed by atoms with Crippen LogP contribution in [-0.4, -0.2) is 32.2 Å². The van der Waals surface area contributed by atoms with Gasteiger partial charge in [-0.15, -0.1) is 11.3 Å². The van der Waals surface area contributed by atoms with E-state index in [1.165, 1.54) is 16.9 Å². The van der Waals surface area contributed by atoms with Crippen LogP contribution in [0, 0.1) is 0 Å². The van der Waals surface area contributed by atoms with E-state index >= 15 is 0 Å². The van der Waals surface area contributed by atoms with E-state index in [9.17, 15) is 4.79 Å². The first-order valence-electron chi connectivity index (χ1n) is 8.70. The summed E-state index contributed by atoms with van der Waals surface area (Å²) in [5.41, 5.74) is 1.97. The van der Waals surface area contributed by atoms with Crippen LogP contribution in [0.5, 0.6) is 17.2 Å². The predicted octanol–water partition coefficient (Wildman–Crippen LogP) is 3.94. The molecular formula is C21H22N2O4S. The Balaban J connectivity index is 1.66. The van der Waals surface area contributed by atoms with E-state index in [2.05, 4.69) is 22.4 Å². The van der Waals surface area contributed by atoms with Crippen LogP contribution in [0.2, 0.25) is 0 Å². The number of nitrogens with zero attached hydrogens (tertiary/aromatic N) is 1. The molecule has 28 heavy (non-hydrogen) atoms. The fourth-order valence-electron chi connectivity index (χ4n) is 2.83. The van der Waals surface area contributed by atoms with Gasteiger partial charge in [-0.05, 0) is 23.3 Å². The molecule has 1 amide bonds. The van der Waals surface area contributed by atoms with Gasteiger partial charge in [0.1, 0.15) is 0 Å². The summed E-state index contributed by atoms with van der Waals surface area (Å²) < 4.78 is 16.0. The number of carbonyl (C=O) groups excluding carboxylic acids is 1. The number of anilines is 1. The van der Waals surface area contributed by atoms with Crippen molar-refractivity contribution >= 4 is 22.4 Å². The lowest BCUT2D eigenvalue weighted by Gasteiger charge is -2.13. The minimum Gasteiger partial charge on any atom is -0.493 e. The average Bonchev–Trinajstić information content (AvgIpc) is 3.14. The van der Waals surface area contributed by atoms with E-state index in [-0.39, 0.29) is 12.3 Å². The van der Waals surface area contributed by atoms with Crippen molar-refractivity contribution in [3.8, 4) is 17.2 Å². The van der Waals surface area contributed by atoms with Crippen molar-refractivity contribution in [3.05, 3.63) is 64.7 Å². The third kappa shape index (κ3) is 4.80. The van der Waals surface area contributed by atoms with Gasteiger partial charge in [0.2, 0.25) is 11.7 Å². The number of ether oxygens (including phenoxy) is 3. The van der Waals surface area contributed by atoms with Gasteiger partial charge in [0, 0.05) is 17.5 Å². The molecule has 6 nitrogen and oxygen atoms in total. The monoisotopic (exact) mass is 398 g/mol. The van der Waals surface area contributed by atoms with Crippen molar-refractivity contribution in [1.29, 1.82) is 0 Å². The summed E-state index contributed by atoms with van der Waals surface area (Å²) in [7, 11) is 4.64. The molecule has 0 radical (unpaired) electrons. The van der Waals surface area contributed by atoms with E-state index in [1.807, 2.05) is 18.2 Å². The summed E-state index contributed by atoms with van der Waals surface area (Å²) in [6, 6.07) is 13.7. The van der Waals surface area contributed by atoms with Crippen molar-refractivity contribution in [1.82, 2.24) is 4.98 Å². The normalized spacial score (nSPS) is 10.4. The number of amides is 1. The van der Waals surface area contributed by atoms with E-state index < -0.39 is 0 Å². The molecule has 0 atom stereocenters. The Labute approximate surface area is 168 Å². The molecule has 0 aliphatic carbocycles. The van der Waals surface area contributed by atoms with Gasteiger partial charge >= 0.3 is 0 Å². The van der Waals surface area contributed by atoms with Crippen molar-refractivity contribution in [2.24, 2.45) is 0 Å². The van der Waals surface area contributed by atoms with Crippen LogP contribution in [0.25, 0.3) is 0 Å². The summed E-state index contributed by atoms with van der Waals surface area (Å²) in [5.74, 6) is 1.38. The minimum absolute atomic E-state index is 0.158. The maximum atomic E-state index is 12.4. The Kier molecular flexibility index (Phi) is 6.49. The molecule has 0 saturated heterocycles. The van der Waals surface area contributed by atoms with Crippen molar-refractivity contribution in [2.75, 3.05) is 26.6 Å². The highest BCUT2D eigenvalue weighted by Crippen LogP contribution is 2.38. The van der Waals surface area contributed by atoms with E-state index in [0.717, 1.165) is 16.9 Å². The molecule has 0 aliphatic rings. The van der Waals surface area contributed by atoms with Gasteiger partial charge < -0.3 is 19.5 Å². The third-order valence-electron chi connectivity index (χ3n) is 4.11. The molecule has 146 valence electrons. The Morgan fingerprint density at radius 3 is 2.29 bits per heavy atom. The van der Waals surface area contributed by atoms with Gasteiger partial charge in [0.15, 0.2) is 16.6 Å². The number of thiazole rings is 1. The largest absolute Gasteiger partial charge is 0.493 e. The molecule has 3 rings (SSSR count). The van der Waals surface area contributed by atoms with E-state index in [0.29, 0.717) is 22.4 Å². The molecule has 1 N–H and O–H groups in total. The first kappa shape index (κ1) is 19.7. The molecule has 0 spiro atoms. The molecule has 3 aromatic rings. The number of hydrogen-bond acceptors (Lipinski definition) is 6. The third-order valence-corrected chi connectivity index (χ3v) is 5.02. The zero-order valence-corrected chi connectivity index (χ0v) is 16.8. The highest BCUT2D eigenvalue weighted by atomic mass is 32.1. The standard InChI is InChI=1S/C21H22N2O4S/c1-25-17-10-15(11-18(26-2)20(17)27-3)12-19(24)23-21-22-13-16(28-21)9-14-7-5-4-6-8-14/h4-8,10-11,13H,9,12H2,1-3H3,(H,22,23,24). The number of benzene rings is 2. The second-order valence-electron chi connectivity index (χ2n) is 6.05. The molecular weight excluding hydrogens is 376 g/mol. The summed E-state index contributed by atoms with van der Waals surface area (Å²) >= 11 is 1.48. The fourth-order valence-corrected chi connectivity index (χ4v) is 3.69. The minimum atomic E-state index is -0.158. The van der Waals surface area contributed by atoms with Crippen LogP contribution in [-0.2, 0) is 17.6 Å². The number of aromatic nitrogens is 1. The number of hydrogen-bond donors (Lipinski definition) is 1. The van der Waals surface area contributed by atoms with Gasteiger partial charge in [0.05, 0.1) is 27.8 Å². The highest BCUT2D eigenvalue weighted by Gasteiger charge is 2.15. The lowest BCUT2D eigenvalue weighted by atomic mass is 10.1. The molecule has 0 saturated carbocycles. The van der Waals surface area contributed by atoms with Crippen molar-refractivity contribution < 1.29 is 19.0 Å². The first-order valence-corrected chi connectivity index (χ1v) is 9.52. The highest BCUT2D eigenvalue weighted by molar-refractivity contribution is 7.15. The van der Waals surface area contributed by atoms with Crippen molar-refractivity contribution in [3.63, 3.8) is 0 Å².